The summed E-state index contributed by atoms with van der Waals surface area (Å²) in [5.41, 5.74) is 1.26. The van der Waals surface area contributed by atoms with Gasteiger partial charge in [0.05, 0.1) is 23.5 Å². The molecule has 0 saturated heterocycles. The number of para-hydroxylation sites is 1. The molecule has 0 radical (unpaired) electrons. The second kappa shape index (κ2) is 7.98. The maximum absolute atomic E-state index is 13.0. The molecule has 6 nitrogen and oxygen atoms in total. The van der Waals surface area contributed by atoms with Crippen LogP contribution in [0.3, 0.4) is 0 Å². The van der Waals surface area contributed by atoms with Crippen LogP contribution in [0.4, 0.5) is 13.2 Å². The highest BCUT2D eigenvalue weighted by atomic mass is 19.4. The van der Waals surface area contributed by atoms with Crippen LogP contribution >= 0.6 is 0 Å². The zero-order valence-electron chi connectivity index (χ0n) is 14.5. The SMILES string of the molecule is O=C(COC(=O)Cc1[nH]nc2ccccc12)NC1CCCCC1C(F)(F)F. The molecule has 146 valence electrons. The number of aromatic nitrogens is 2. The Labute approximate surface area is 153 Å². The van der Waals surface area contributed by atoms with Crippen molar-refractivity contribution in [3.8, 4) is 0 Å². The van der Waals surface area contributed by atoms with Gasteiger partial charge in [-0.3, -0.25) is 14.7 Å². The Morgan fingerprint density at radius 2 is 1.96 bits per heavy atom. The number of nitrogens with one attached hydrogen (secondary N) is 2. The molecule has 2 aromatic rings. The Bertz CT molecular complexity index is 819. The molecule has 1 aliphatic rings. The molecule has 9 heteroatoms. The molecule has 1 amide bonds. The summed E-state index contributed by atoms with van der Waals surface area (Å²) in [6.07, 6.45) is -3.07. The van der Waals surface area contributed by atoms with Gasteiger partial charge in [-0.15, -0.1) is 0 Å². The number of alkyl halides is 3. The van der Waals surface area contributed by atoms with Crippen molar-refractivity contribution in [2.75, 3.05) is 6.61 Å². The van der Waals surface area contributed by atoms with E-state index in [0.29, 0.717) is 24.1 Å². The number of benzene rings is 1. The Kier molecular flexibility index (Phi) is 5.67. The lowest BCUT2D eigenvalue weighted by Gasteiger charge is -2.33. The number of hydrogen-bond donors (Lipinski definition) is 2. The standard InChI is InChI=1S/C18H20F3N3O3/c19-18(20,21)12-6-2-4-8-14(12)22-16(25)10-27-17(26)9-15-11-5-1-3-7-13(11)23-24-15/h1,3,5,7,12,14H,2,4,6,8-10H2,(H,22,25)(H,23,24). The number of carbonyl (C=O) groups excluding carboxylic acids is 2. The molecule has 1 aromatic carbocycles. The van der Waals surface area contributed by atoms with Crippen LogP contribution < -0.4 is 5.32 Å². The highest BCUT2D eigenvalue weighted by molar-refractivity contribution is 5.86. The topological polar surface area (TPSA) is 84.1 Å². The second-order valence-electron chi connectivity index (χ2n) is 6.66. The number of amides is 1. The summed E-state index contributed by atoms with van der Waals surface area (Å²) in [6, 6.07) is 6.24. The maximum Gasteiger partial charge on any atom is 0.393 e. The van der Waals surface area contributed by atoms with E-state index < -0.39 is 36.6 Å². The van der Waals surface area contributed by atoms with Crippen molar-refractivity contribution in [2.45, 2.75) is 44.3 Å². The summed E-state index contributed by atoms with van der Waals surface area (Å²) in [7, 11) is 0. The van der Waals surface area contributed by atoms with E-state index in [1.807, 2.05) is 6.07 Å². The second-order valence-corrected chi connectivity index (χ2v) is 6.66. The summed E-state index contributed by atoms with van der Waals surface area (Å²) >= 11 is 0. The van der Waals surface area contributed by atoms with E-state index in [4.69, 9.17) is 4.74 Å². The predicted octanol–water partition coefficient (Wildman–Crippen LogP) is 2.89. The Morgan fingerprint density at radius 3 is 2.74 bits per heavy atom. The summed E-state index contributed by atoms with van der Waals surface area (Å²) in [5, 5.41) is 9.94. The molecule has 2 atom stereocenters. The minimum Gasteiger partial charge on any atom is -0.455 e. The smallest absolute Gasteiger partial charge is 0.393 e. The molecule has 1 aromatic heterocycles. The third-order valence-corrected chi connectivity index (χ3v) is 4.76. The minimum atomic E-state index is -4.35. The van der Waals surface area contributed by atoms with E-state index >= 15 is 0 Å². The molecule has 1 heterocycles. The Morgan fingerprint density at radius 1 is 1.22 bits per heavy atom. The van der Waals surface area contributed by atoms with Gasteiger partial charge in [0.2, 0.25) is 0 Å². The zero-order chi connectivity index (χ0) is 19.4. The van der Waals surface area contributed by atoms with Crippen LogP contribution in [0.25, 0.3) is 10.9 Å². The molecule has 1 aliphatic carbocycles. The van der Waals surface area contributed by atoms with Crippen molar-refractivity contribution in [2.24, 2.45) is 5.92 Å². The maximum atomic E-state index is 13.0. The fourth-order valence-electron chi connectivity index (χ4n) is 3.43. The lowest BCUT2D eigenvalue weighted by Crippen LogP contribution is -2.48. The molecule has 0 bridgehead atoms. The van der Waals surface area contributed by atoms with Gasteiger partial charge in [-0.1, -0.05) is 31.0 Å². The van der Waals surface area contributed by atoms with Crippen molar-refractivity contribution >= 4 is 22.8 Å². The van der Waals surface area contributed by atoms with Crippen molar-refractivity contribution < 1.29 is 27.5 Å². The van der Waals surface area contributed by atoms with Gasteiger partial charge < -0.3 is 10.1 Å². The first kappa shape index (κ1) is 19.2. The third-order valence-electron chi connectivity index (χ3n) is 4.76. The van der Waals surface area contributed by atoms with E-state index in [1.54, 1.807) is 18.2 Å². The molecule has 1 fully saturated rings. The van der Waals surface area contributed by atoms with Gasteiger partial charge in [0.25, 0.3) is 5.91 Å². The number of hydrogen-bond acceptors (Lipinski definition) is 4. The van der Waals surface area contributed by atoms with Gasteiger partial charge in [0.1, 0.15) is 0 Å². The van der Waals surface area contributed by atoms with Gasteiger partial charge in [-0.25, -0.2) is 0 Å². The largest absolute Gasteiger partial charge is 0.455 e. The fraction of sp³-hybridized carbons (Fsp3) is 0.500. The zero-order valence-corrected chi connectivity index (χ0v) is 14.5. The van der Waals surface area contributed by atoms with Crippen molar-refractivity contribution in [3.05, 3.63) is 30.0 Å². The molecular weight excluding hydrogens is 363 g/mol. The van der Waals surface area contributed by atoms with Gasteiger partial charge in [-0.2, -0.15) is 18.3 Å². The summed E-state index contributed by atoms with van der Waals surface area (Å²) < 4.78 is 44.1. The number of halogens is 3. The molecule has 0 aliphatic heterocycles. The van der Waals surface area contributed by atoms with Crippen LogP contribution in [0, 0.1) is 5.92 Å². The Hall–Kier alpha value is -2.58. The van der Waals surface area contributed by atoms with Crippen LogP contribution in [-0.4, -0.2) is 40.9 Å². The number of nitrogens with zero attached hydrogens (tertiary/aromatic N) is 1. The number of aromatic amines is 1. The summed E-state index contributed by atoms with van der Waals surface area (Å²) in [4.78, 5) is 23.9. The number of H-pyrrole nitrogens is 1. The highest BCUT2D eigenvalue weighted by Crippen LogP contribution is 2.37. The van der Waals surface area contributed by atoms with Gasteiger partial charge >= 0.3 is 12.1 Å². The molecule has 2 N–H and O–H groups in total. The third kappa shape index (κ3) is 4.78. The number of rotatable bonds is 5. The van der Waals surface area contributed by atoms with Crippen molar-refractivity contribution in [1.82, 2.24) is 15.5 Å². The van der Waals surface area contributed by atoms with Crippen molar-refractivity contribution in [3.63, 3.8) is 0 Å². The predicted molar refractivity (Wildman–Crippen MR) is 90.7 cm³/mol. The quantitative estimate of drug-likeness (QED) is 0.778. The van der Waals surface area contributed by atoms with E-state index in [2.05, 4.69) is 15.5 Å². The number of fused-ring (bicyclic) bond motifs is 1. The van der Waals surface area contributed by atoms with E-state index in [-0.39, 0.29) is 19.3 Å². The van der Waals surface area contributed by atoms with Crippen LogP contribution in [0.2, 0.25) is 0 Å². The Balaban J connectivity index is 1.50. The monoisotopic (exact) mass is 383 g/mol. The first-order valence-electron chi connectivity index (χ1n) is 8.78. The average molecular weight is 383 g/mol. The van der Waals surface area contributed by atoms with Gasteiger partial charge in [-0.05, 0) is 18.9 Å². The van der Waals surface area contributed by atoms with Crippen LogP contribution in [0.1, 0.15) is 31.4 Å². The highest BCUT2D eigenvalue weighted by Gasteiger charge is 2.45. The number of esters is 1. The molecule has 1 saturated carbocycles. The normalized spacial score (nSPS) is 20.4. The lowest BCUT2D eigenvalue weighted by atomic mass is 9.84. The molecule has 0 spiro atoms. The van der Waals surface area contributed by atoms with Crippen LogP contribution in [0.5, 0.6) is 0 Å². The fourth-order valence-corrected chi connectivity index (χ4v) is 3.43. The van der Waals surface area contributed by atoms with Gasteiger partial charge in [0, 0.05) is 11.4 Å². The number of ether oxygens (including phenoxy) is 1. The lowest BCUT2D eigenvalue weighted by molar-refractivity contribution is -0.189. The molecule has 3 rings (SSSR count). The number of carbonyl (C=O) groups is 2. The van der Waals surface area contributed by atoms with E-state index in [9.17, 15) is 22.8 Å². The van der Waals surface area contributed by atoms with Gasteiger partial charge in [0.15, 0.2) is 6.61 Å². The minimum absolute atomic E-state index is 0.00112. The van der Waals surface area contributed by atoms with E-state index in [1.165, 1.54) is 0 Å². The summed E-state index contributed by atoms with van der Waals surface area (Å²) in [5.74, 6) is -2.93. The molecular formula is C18H20F3N3O3. The first-order chi connectivity index (χ1) is 12.8. The van der Waals surface area contributed by atoms with Crippen LogP contribution in [-0.2, 0) is 20.7 Å². The van der Waals surface area contributed by atoms with E-state index in [0.717, 1.165) is 5.39 Å². The van der Waals surface area contributed by atoms with Crippen LogP contribution in [0.15, 0.2) is 24.3 Å². The molecule has 27 heavy (non-hydrogen) atoms. The van der Waals surface area contributed by atoms with Crippen molar-refractivity contribution in [1.29, 1.82) is 0 Å². The summed E-state index contributed by atoms with van der Waals surface area (Å²) in [6.45, 7) is -0.605. The average Bonchev–Trinajstić information content (AvgIpc) is 3.03. The first-order valence-corrected chi connectivity index (χ1v) is 8.78. The molecule has 2 unspecified atom stereocenters.